The molecule has 0 aliphatic carbocycles. The standard InChI is InChI=1S/C12H14N2O2/c1-15-11-4-2-9(3-5-11)12-10(6-7-13)8-14-16-12/h2-5,8H,6-7,13H2,1H3. The third-order valence-corrected chi connectivity index (χ3v) is 2.41. The molecule has 2 aromatic rings. The van der Waals surface area contributed by atoms with Crippen LogP contribution in [0, 0.1) is 0 Å². The molecule has 0 radical (unpaired) electrons. The summed E-state index contributed by atoms with van der Waals surface area (Å²) in [7, 11) is 1.64. The zero-order chi connectivity index (χ0) is 11.4. The third-order valence-electron chi connectivity index (χ3n) is 2.41. The van der Waals surface area contributed by atoms with Gasteiger partial charge >= 0.3 is 0 Å². The molecule has 0 saturated carbocycles. The number of rotatable bonds is 4. The Kier molecular flexibility index (Phi) is 3.22. The van der Waals surface area contributed by atoms with Gasteiger partial charge in [-0.3, -0.25) is 0 Å². The molecule has 1 aromatic heterocycles. The van der Waals surface area contributed by atoms with E-state index in [9.17, 15) is 0 Å². The number of ether oxygens (including phenoxy) is 1. The number of nitrogens with two attached hydrogens (primary N) is 1. The minimum atomic E-state index is 0.588. The molecule has 84 valence electrons. The lowest BCUT2D eigenvalue weighted by molar-refractivity contribution is 0.414. The van der Waals surface area contributed by atoms with Crippen molar-refractivity contribution < 1.29 is 9.26 Å². The molecular formula is C12H14N2O2. The van der Waals surface area contributed by atoms with Gasteiger partial charge in [0.15, 0.2) is 5.76 Å². The lowest BCUT2D eigenvalue weighted by Crippen LogP contribution is -2.02. The molecule has 4 heteroatoms. The zero-order valence-electron chi connectivity index (χ0n) is 9.14. The number of benzene rings is 1. The molecule has 0 amide bonds. The van der Waals surface area contributed by atoms with Gasteiger partial charge in [-0.2, -0.15) is 0 Å². The number of hydrogen-bond donors (Lipinski definition) is 1. The fourth-order valence-electron chi connectivity index (χ4n) is 1.57. The summed E-state index contributed by atoms with van der Waals surface area (Å²) in [5.74, 6) is 1.61. The summed E-state index contributed by atoms with van der Waals surface area (Å²) in [4.78, 5) is 0. The first-order valence-electron chi connectivity index (χ1n) is 5.13. The molecule has 0 saturated heterocycles. The van der Waals surface area contributed by atoms with Gasteiger partial charge in [0.2, 0.25) is 0 Å². The molecule has 4 nitrogen and oxygen atoms in total. The van der Waals surface area contributed by atoms with E-state index in [1.54, 1.807) is 13.3 Å². The molecule has 0 aliphatic heterocycles. The summed E-state index contributed by atoms with van der Waals surface area (Å²) in [6.45, 7) is 0.588. The fourth-order valence-corrected chi connectivity index (χ4v) is 1.57. The van der Waals surface area contributed by atoms with Crippen molar-refractivity contribution in [2.75, 3.05) is 13.7 Å². The highest BCUT2D eigenvalue weighted by Gasteiger charge is 2.09. The van der Waals surface area contributed by atoms with Crippen molar-refractivity contribution in [3.05, 3.63) is 36.0 Å². The van der Waals surface area contributed by atoms with Crippen LogP contribution in [0.25, 0.3) is 11.3 Å². The lowest BCUT2D eigenvalue weighted by atomic mass is 10.1. The van der Waals surface area contributed by atoms with Gasteiger partial charge in [-0.25, -0.2) is 0 Å². The molecule has 0 bridgehead atoms. The summed E-state index contributed by atoms with van der Waals surface area (Å²) < 4.78 is 10.3. The average Bonchev–Trinajstić information content (AvgIpc) is 2.78. The van der Waals surface area contributed by atoms with E-state index in [0.717, 1.165) is 29.1 Å². The molecular weight excluding hydrogens is 204 g/mol. The van der Waals surface area contributed by atoms with Crippen LogP contribution in [-0.2, 0) is 6.42 Å². The normalized spacial score (nSPS) is 10.4. The predicted molar refractivity (Wildman–Crippen MR) is 61.2 cm³/mol. The summed E-state index contributed by atoms with van der Waals surface area (Å²) in [6, 6.07) is 7.67. The van der Waals surface area contributed by atoms with Crippen molar-refractivity contribution >= 4 is 0 Å². The van der Waals surface area contributed by atoms with E-state index in [1.807, 2.05) is 24.3 Å². The number of methoxy groups -OCH3 is 1. The van der Waals surface area contributed by atoms with Crippen molar-refractivity contribution in [2.24, 2.45) is 5.73 Å². The summed E-state index contributed by atoms with van der Waals surface area (Å²) in [6.07, 6.45) is 2.48. The van der Waals surface area contributed by atoms with Crippen molar-refractivity contribution in [1.82, 2.24) is 5.16 Å². The van der Waals surface area contributed by atoms with E-state index in [1.165, 1.54) is 0 Å². The van der Waals surface area contributed by atoms with Gasteiger partial charge < -0.3 is 15.0 Å². The first-order valence-corrected chi connectivity index (χ1v) is 5.13. The second-order valence-electron chi connectivity index (χ2n) is 3.45. The molecule has 16 heavy (non-hydrogen) atoms. The van der Waals surface area contributed by atoms with Crippen LogP contribution in [0.2, 0.25) is 0 Å². The van der Waals surface area contributed by atoms with Gasteiger partial charge in [-0.15, -0.1) is 0 Å². The van der Waals surface area contributed by atoms with Gasteiger partial charge in [0.25, 0.3) is 0 Å². The average molecular weight is 218 g/mol. The quantitative estimate of drug-likeness (QED) is 0.850. The van der Waals surface area contributed by atoms with E-state index >= 15 is 0 Å². The number of nitrogens with zero attached hydrogens (tertiary/aromatic N) is 1. The van der Waals surface area contributed by atoms with Gasteiger partial charge in [0.1, 0.15) is 5.75 Å². The molecule has 1 aromatic carbocycles. The van der Waals surface area contributed by atoms with E-state index < -0.39 is 0 Å². The monoisotopic (exact) mass is 218 g/mol. The molecule has 0 unspecified atom stereocenters. The van der Waals surface area contributed by atoms with Gasteiger partial charge in [0.05, 0.1) is 13.3 Å². The van der Waals surface area contributed by atoms with Gasteiger partial charge in [0, 0.05) is 11.1 Å². The minimum absolute atomic E-state index is 0.588. The summed E-state index contributed by atoms with van der Waals surface area (Å²) in [5.41, 5.74) is 7.55. The van der Waals surface area contributed by atoms with Crippen LogP contribution in [-0.4, -0.2) is 18.8 Å². The Morgan fingerprint density at radius 3 is 2.69 bits per heavy atom. The fraction of sp³-hybridized carbons (Fsp3) is 0.250. The minimum Gasteiger partial charge on any atom is -0.497 e. The van der Waals surface area contributed by atoms with Crippen LogP contribution >= 0.6 is 0 Å². The highest BCUT2D eigenvalue weighted by Crippen LogP contribution is 2.25. The van der Waals surface area contributed by atoms with Crippen molar-refractivity contribution in [3.8, 4) is 17.1 Å². The molecule has 1 heterocycles. The Balaban J connectivity index is 2.31. The van der Waals surface area contributed by atoms with E-state index in [2.05, 4.69) is 5.16 Å². The molecule has 2 rings (SSSR count). The van der Waals surface area contributed by atoms with E-state index in [-0.39, 0.29) is 0 Å². The van der Waals surface area contributed by atoms with Crippen molar-refractivity contribution in [1.29, 1.82) is 0 Å². The number of hydrogen-bond acceptors (Lipinski definition) is 4. The Morgan fingerprint density at radius 1 is 1.31 bits per heavy atom. The third kappa shape index (κ3) is 2.06. The van der Waals surface area contributed by atoms with Crippen LogP contribution in [0.4, 0.5) is 0 Å². The van der Waals surface area contributed by atoms with E-state index in [0.29, 0.717) is 6.54 Å². The van der Waals surface area contributed by atoms with Gasteiger partial charge in [-0.1, -0.05) is 5.16 Å². The number of aromatic nitrogens is 1. The first kappa shape index (κ1) is 10.7. The van der Waals surface area contributed by atoms with Gasteiger partial charge in [-0.05, 0) is 37.2 Å². The Hall–Kier alpha value is -1.81. The van der Waals surface area contributed by atoms with Crippen LogP contribution in [0.15, 0.2) is 35.0 Å². The topological polar surface area (TPSA) is 61.3 Å². The lowest BCUT2D eigenvalue weighted by Gasteiger charge is -2.02. The molecule has 0 aliphatic rings. The van der Waals surface area contributed by atoms with E-state index in [4.69, 9.17) is 15.0 Å². The van der Waals surface area contributed by atoms with Crippen LogP contribution in [0.3, 0.4) is 0 Å². The Bertz CT molecular complexity index is 448. The second kappa shape index (κ2) is 4.81. The maximum atomic E-state index is 5.52. The van der Waals surface area contributed by atoms with Crippen LogP contribution in [0.1, 0.15) is 5.56 Å². The molecule has 2 N–H and O–H groups in total. The maximum absolute atomic E-state index is 5.52. The Labute approximate surface area is 94.0 Å². The Morgan fingerprint density at radius 2 is 2.06 bits per heavy atom. The first-order chi connectivity index (χ1) is 7.85. The molecule has 0 fully saturated rings. The molecule has 0 atom stereocenters. The SMILES string of the molecule is COc1ccc(-c2oncc2CCN)cc1. The molecule has 0 spiro atoms. The van der Waals surface area contributed by atoms with Crippen LogP contribution < -0.4 is 10.5 Å². The summed E-state index contributed by atoms with van der Waals surface area (Å²) in [5, 5.41) is 3.80. The van der Waals surface area contributed by atoms with Crippen molar-refractivity contribution in [3.63, 3.8) is 0 Å². The van der Waals surface area contributed by atoms with Crippen LogP contribution in [0.5, 0.6) is 5.75 Å². The second-order valence-corrected chi connectivity index (χ2v) is 3.45. The maximum Gasteiger partial charge on any atom is 0.170 e. The van der Waals surface area contributed by atoms with Crippen molar-refractivity contribution in [2.45, 2.75) is 6.42 Å². The largest absolute Gasteiger partial charge is 0.497 e. The smallest absolute Gasteiger partial charge is 0.170 e. The summed E-state index contributed by atoms with van der Waals surface area (Å²) >= 11 is 0. The highest BCUT2D eigenvalue weighted by atomic mass is 16.5. The highest BCUT2D eigenvalue weighted by molar-refractivity contribution is 5.61. The zero-order valence-corrected chi connectivity index (χ0v) is 9.14. The predicted octanol–water partition coefficient (Wildman–Crippen LogP) is 1.85.